The number of aromatic nitrogens is 1. The number of nitrogens with zero attached hydrogens (tertiary/aromatic N) is 1. The summed E-state index contributed by atoms with van der Waals surface area (Å²) in [7, 11) is -3.71. The predicted octanol–water partition coefficient (Wildman–Crippen LogP) is 7.79. The third-order valence-electron chi connectivity index (χ3n) is 6.74. The molecule has 0 fully saturated rings. The van der Waals surface area contributed by atoms with Crippen LogP contribution in [0.4, 0.5) is 0 Å². The van der Waals surface area contributed by atoms with E-state index in [1.165, 1.54) is 6.20 Å². The fraction of sp³-hybridized carbons (Fsp3) is 0. The lowest BCUT2D eigenvalue weighted by Gasteiger charge is -2.09. The highest BCUT2D eigenvalue weighted by atomic mass is 32.2. The average molecular weight is 486 g/mol. The van der Waals surface area contributed by atoms with Crippen LogP contribution in [0.25, 0.3) is 54.6 Å². The minimum absolute atomic E-state index is 0.147. The monoisotopic (exact) mass is 485 g/mol. The van der Waals surface area contributed by atoms with Crippen LogP contribution < -0.4 is 0 Å². The molecule has 0 spiro atoms. The van der Waals surface area contributed by atoms with E-state index in [-0.39, 0.29) is 9.79 Å². The number of hydrogen-bond acceptors (Lipinski definition) is 4. The zero-order chi connectivity index (χ0) is 24.3. The largest absolute Gasteiger partial charge is 0.455 e. The number of sulfone groups is 1. The lowest BCUT2D eigenvalue weighted by Crippen LogP contribution is -2.02. The zero-order valence-electron chi connectivity index (χ0n) is 19.0. The first kappa shape index (κ1) is 20.9. The molecule has 0 radical (unpaired) electrons. The summed E-state index contributed by atoms with van der Waals surface area (Å²) in [5.74, 6) is 0. The first-order valence-electron chi connectivity index (χ1n) is 11.6. The smallest absolute Gasteiger partial charge is 0.208 e. The number of pyridine rings is 1. The van der Waals surface area contributed by atoms with Gasteiger partial charge in [0, 0.05) is 34.3 Å². The summed E-state index contributed by atoms with van der Waals surface area (Å²) < 4.78 is 33.1. The second-order valence-corrected chi connectivity index (χ2v) is 10.8. The van der Waals surface area contributed by atoms with E-state index >= 15 is 0 Å². The summed E-state index contributed by atoms with van der Waals surface area (Å²) in [6.45, 7) is 0. The topological polar surface area (TPSA) is 60.2 Å². The first-order chi connectivity index (χ1) is 17.6. The fourth-order valence-corrected chi connectivity index (χ4v) is 6.32. The molecule has 5 aromatic carbocycles. The first-order valence-corrected chi connectivity index (χ1v) is 13.1. The molecule has 36 heavy (non-hydrogen) atoms. The summed E-state index contributed by atoms with van der Waals surface area (Å²) in [6, 6.07) is 32.7. The molecular formula is C31H19NO3S. The van der Waals surface area contributed by atoms with E-state index in [0.29, 0.717) is 5.56 Å². The molecule has 0 amide bonds. The van der Waals surface area contributed by atoms with Crippen molar-refractivity contribution in [2.24, 2.45) is 0 Å². The Morgan fingerprint density at radius 2 is 1.31 bits per heavy atom. The van der Waals surface area contributed by atoms with E-state index in [9.17, 15) is 8.42 Å². The van der Waals surface area contributed by atoms with Crippen LogP contribution in [0, 0.1) is 0 Å². The number of rotatable bonds is 3. The Labute approximate surface area is 207 Å². The van der Waals surface area contributed by atoms with Crippen LogP contribution in [0.5, 0.6) is 0 Å². The van der Waals surface area contributed by atoms with Gasteiger partial charge in [-0.3, -0.25) is 4.98 Å². The lowest BCUT2D eigenvalue weighted by molar-refractivity contribution is 0.595. The van der Waals surface area contributed by atoms with E-state index in [0.717, 1.165) is 49.0 Å². The maximum absolute atomic E-state index is 13.3. The van der Waals surface area contributed by atoms with Crippen LogP contribution >= 0.6 is 0 Å². The maximum atomic E-state index is 13.3. The molecule has 0 aliphatic rings. The molecule has 0 saturated heterocycles. The number of benzene rings is 5. The van der Waals surface area contributed by atoms with Crippen molar-refractivity contribution in [3.8, 4) is 11.1 Å². The highest BCUT2D eigenvalue weighted by Gasteiger charge is 2.21. The Morgan fingerprint density at radius 1 is 0.611 bits per heavy atom. The van der Waals surface area contributed by atoms with Crippen molar-refractivity contribution in [2.45, 2.75) is 9.79 Å². The molecule has 4 nitrogen and oxygen atoms in total. The highest BCUT2D eigenvalue weighted by Crippen LogP contribution is 2.43. The molecule has 0 aliphatic carbocycles. The molecule has 0 N–H and O–H groups in total. The van der Waals surface area contributed by atoms with Gasteiger partial charge < -0.3 is 4.42 Å². The van der Waals surface area contributed by atoms with Crippen molar-refractivity contribution in [2.75, 3.05) is 0 Å². The standard InChI is InChI=1S/C31H19NO3S/c33-36(34,23-10-2-1-3-11-23)24-16-22(18-32-19-24)27-17-21-9-5-7-13-26(21)30-29-25-12-6-4-8-20(25)14-15-28(29)35-31(27)30/h1-19H. The van der Waals surface area contributed by atoms with Gasteiger partial charge in [0.2, 0.25) is 9.84 Å². The van der Waals surface area contributed by atoms with Crippen LogP contribution in [0.2, 0.25) is 0 Å². The van der Waals surface area contributed by atoms with Crippen LogP contribution in [0.3, 0.4) is 0 Å². The quantitative estimate of drug-likeness (QED) is 0.256. The molecule has 0 bridgehead atoms. The van der Waals surface area contributed by atoms with E-state index in [2.05, 4.69) is 41.4 Å². The third-order valence-corrected chi connectivity index (χ3v) is 8.48. The summed E-state index contributed by atoms with van der Waals surface area (Å²) in [5, 5.41) is 6.47. The summed E-state index contributed by atoms with van der Waals surface area (Å²) in [6.07, 6.45) is 3.09. The van der Waals surface area contributed by atoms with Crippen LogP contribution in [0.1, 0.15) is 0 Å². The maximum Gasteiger partial charge on any atom is 0.208 e. The number of furan rings is 1. The SMILES string of the molecule is O=S(=O)(c1ccccc1)c1cncc(-c2cc3ccccc3c3c2oc2ccc4ccccc4c23)c1. The molecule has 2 heterocycles. The second-order valence-electron chi connectivity index (χ2n) is 8.84. The fourth-order valence-electron chi connectivity index (χ4n) is 5.05. The van der Waals surface area contributed by atoms with Crippen molar-refractivity contribution >= 4 is 53.3 Å². The average Bonchev–Trinajstić information content (AvgIpc) is 3.34. The van der Waals surface area contributed by atoms with Crippen molar-refractivity contribution in [1.82, 2.24) is 4.98 Å². The minimum atomic E-state index is -3.71. The van der Waals surface area contributed by atoms with Gasteiger partial charge in [-0.25, -0.2) is 8.42 Å². The number of fused-ring (bicyclic) bond motifs is 7. The van der Waals surface area contributed by atoms with E-state index < -0.39 is 9.84 Å². The summed E-state index contributed by atoms with van der Waals surface area (Å²) in [5.41, 5.74) is 3.01. The van der Waals surface area contributed by atoms with Gasteiger partial charge in [-0.05, 0) is 51.9 Å². The number of hydrogen-bond donors (Lipinski definition) is 0. The van der Waals surface area contributed by atoms with Crippen LogP contribution in [0.15, 0.2) is 130 Å². The zero-order valence-corrected chi connectivity index (χ0v) is 19.9. The van der Waals surface area contributed by atoms with Gasteiger partial charge in [-0.1, -0.05) is 72.8 Å². The van der Waals surface area contributed by atoms with Gasteiger partial charge in [-0.2, -0.15) is 0 Å². The van der Waals surface area contributed by atoms with E-state index in [4.69, 9.17) is 4.42 Å². The Hall–Kier alpha value is -4.48. The molecule has 7 rings (SSSR count). The molecule has 0 saturated carbocycles. The summed E-state index contributed by atoms with van der Waals surface area (Å²) in [4.78, 5) is 4.71. The molecule has 172 valence electrons. The molecule has 5 heteroatoms. The molecule has 0 aliphatic heterocycles. The Bertz CT molecular complexity index is 2060. The molecule has 0 atom stereocenters. The van der Waals surface area contributed by atoms with Crippen molar-refractivity contribution in [3.05, 3.63) is 116 Å². The van der Waals surface area contributed by atoms with Crippen LogP contribution in [-0.2, 0) is 9.84 Å². The van der Waals surface area contributed by atoms with Gasteiger partial charge in [-0.15, -0.1) is 0 Å². The Balaban J connectivity index is 1.56. The van der Waals surface area contributed by atoms with Crippen molar-refractivity contribution in [1.29, 1.82) is 0 Å². The lowest BCUT2D eigenvalue weighted by atomic mass is 9.95. The van der Waals surface area contributed by atoms with Crippen molar-refractivity contribution in [3.63, 3.8) is 0 Å². The second kappa shape index (κ2) is 7.77. The highest BCUT2D eigenvalue weighted by molar-refractivity contribution is 7.91. The molecule has 7 aromatic rings. The van der Waals surface area contributed by atoms with Gasteiger partial charge >= 0.3 is 0 Å². The van der Waals surface area contributed by atoms with Gasteiger partial charge in [0.1, 0.15) is 11.2 Å². The van der Waals surface area contributed by atoms with E-state index in [1.54, 1.807) is 42.6 Å². The van der Waals surface area contributed by atoms with E-state index in [1.807, 2.05) is 30.3 Å². The molecule has 2 aromatic heterocycles. The van der Waals surface area contributed by atoms with Gasteiger partial charge in [0.15, 0.2) is 0 Å². The Kier molecular flexibility index (Phi) is 4.50. The molecule has 0 unspecified atom stereocenters. The van der Waals surface area contributed by atoms with Crippen LogP contribution in [-0.4, -0.2) is 13.4 Å². The van der Waals surface area contributed by atoms with Gasteiger partial charge in [0.05, 0.1) is 9.79 Å². The van der Waals surface area contributed by atoms with Crippen molar-refractivity contribution < 1.29 is 12.8 Å². The normalized spacial score (nSPS) is 12.1. The summed E-state index contributed by atoms with van der Waals surface area (Å²) >= 11 is 0. The third kappa shape index (κ3) is 3.06. The van der Waals surface area contributed by atoms with Gasteiger partial charge in [0.25, 0.3) is 0 Å². The predicted molar refractivity (Wildman–Crippen MR) is 144 cm³/mol. The molecular weight excluding hydrogens is 466 g/mol. The minimum Gasteiger partial charge on any atom is -0.455 e. The Morgan fingerprint density at radius 3 is 2.11 bits per heavy atom.